The van der Waals surface area contributed by atoms with Crippen molar-refractivity contribution in [2.45, 2.75) is 19.4 Å². The van der Waals surface area contributed by atoms with E-state index < -0.39 is 23.8 Å². The van der Waals surface area contributed by atoms with Crippen molar-refractivity contribution in [3.8, 4) is 11.5 Å². The fourth-order valence-electron chi connectivity index (χ4n) is 2.14. The van der Waals surface area contributed by atoms with E-state index in [9.17, 15) is 24.6 Å². The lowest BCUT2D eigenvalue weighted by Gasteiger charge is -2.33. The van der Waals surface area contributed by atoms with Crippen molar-refractivity contribution in [3.05, 3.63) is 23.8 Å². The van der Waals surface area contributed by atoms with Crippen LogP contribution in [0.15, 0.2) is 18.2 Å². The van der Waals surface area contributed by atoms with E-state index in [2.05, 4.69) is 5.32 Å². The molecule has 0 radical (unpaired) electrons. The van der Waals surface area contributed by atoms with Crippen LogP contribution in [-0.4, -0.2) is 45.4 Å². The number of carbonyl (C=O) groups excluding carboxylic acids is 3. The summed E-state index contributed by atoms with van der Waals surface area (Å²) in [5, 5.41) is 21.2. The number of phenolic OH excluding ortho intramolecular Hbond substituents is 2. The number of phenols is 2. The molecular weight excluding hydrogens is 264 g/mol. The Kier molecular flexibility index (Phi) is 3.60. The van der Waals surface area contributed by atoms with Gasteiger partial charge in [0.25, 0.3) is 5.91 Å². The van der Waals surface area contributed by atoms with Gasteiger partial charge in [-0.25, -0.2) is 0 Å². The number of carbonyl (C=O) groups is 3. The molecule has 1 atom stereocenters. The number of imide groups is 1. The molecular formula is C13H14N2O5. The monoisotopic (exact) mass is 278 g/mol. The molecule has 106 valence electrons. The minimum Gasteiger partial charge on any atom is -0.508 e. The minimum atomic E-state index is -0.776. The van der Waals surface area contributed by atoms with Crippen LogP contribution in [-0.2, 0) is 9.59 Å². The second-order valence-electron chi connectivity index (χ2n) is 4.47. The molecule has 1 aromatic carbocycles. The molecule has 7 nitrogen and oxygen atoms in total. The predicted molar refractivity (Wildman–Crippen MR) is 68.0 cm³/mol. The molecule has 20 heavy (non-hydrogen) atoms. The van der Waals surface area contributed by atoms with E-state index in [1.807, 2.05) is 0 Å². The standard InChI is InChI=1S/C13H14N2O5/c1-2-9-12(19)14-11(18)6-15(9)13(20)8-5-7(16)3-4-10(8)17/h3-5,9,16-17H,2,6H2,1H3,(H,14,18,19). The Bertz CT molecular complexity index is 584. The van der Waals surface area contributed by atoms with Crippen LogP contribution in [0, 0.1) is 0 Å². The van der Waals surface area contributed by atoms with Crippen LogP contribution in [0.3, 0.4) is 0 Å². The lowest BCUT2D eigenvalue weighted by atomic mass is 10.1. The van der Waals surface area contributed by atoms with Crippen LogP contribution in [0.25, 0.3) is 0 Å². The predicted octanol–water partition coefficient (Wildman–Crippen LogP) is -0.0250. The number of benzene rings is 1. The topological polar surface area (TPSA) is 107 Å². The largest absolute Gasteiger partial charge is 0.508 e. The summed E-state index contributed by atoms with van der Waals surface area (Å²) in [4.78, 5) is 36.5. The summed E-state index contributed by atoms with van der Waals surface area (Å²) >= 11 is 0. The molecule has 0 aliphatic carbocycles. The summed E-state index contributed by atoms with van der Waals surface area (Å²) in [7, 11) is 0. The van der Waals surface area contributed by atoms with Gasteiger partial charge in [0.15, 0.2) is 0 Å². The van der Waals surface area contributed by atoms with Gasteiger partial charge in [0, 0.05) is 0 Å². The number of aromatic hydroxyl groups is 2. The maximum atomic E-state index is 12.4. The van der Waals surface area contributed by atoms with E-state index in [1.54, 1.807) is 6.92 Å². The highest BCUT2D eigenvalue weighted by atomic mass is 16.3. The number of rotatable bonds is 2. The average Bonchev–Trinajstić information content (AvgIpc) is 2.40. The summed E-state index contributed by atoms with van der Waals surface area (Å²) in [5.74, 6) is -2.30. The van der Waals surface area contributed by atoms with Gasteiger partial charge >= 0.3 is 0 Å². The van der Waals surface area contributed by atoms with Crippen molar-refractivity contribution in [3.63, 3.8) is 0 Å². The van der Waals surface area contributed by atoms with Gasteiger partial charge in [0.05, 0.1) is 5.56 Å². The third kappa shape index (κ3) is 2.42. The average molecular weight is 278 g/mol. The van der Waals surface area contributed by atoms with Gasteiger partial charge in [-0.2, -0.15) is 0 Å². The highest BCUT2D eigenvalue weighted by Crippen LogP contribution is 2.25. The van der Waals surface area contributed by atoms with Crippen LogP contribution < -0.4 is 5.32 Å². The van der Waals surface area contributed by atoms with E-state index in [4.69, 9.17) is 0 Å². The molecule has 3 N–H and O–H groups in total. The molecule has 1 aliphatic heterocycles. The van der Waals surface area contributed by atoms with Crippen molar-refractivity contribution in [2.75, 3.05) is 6.54 Å². The number of hydrogen-bond acceptors (Lipinski definition) is 5. The Morgan fingerprint density at radius 3 is 2.75 bits per heavy atom. The first-order valence-electron chi connectivity index (χ1n) is 6.10. The van der Waals surface area contributed by atoms with E-state index in [0.717, 1.165) is 11.0 Å². The molecule has 7 heteroatoms. The molecule has 0 bridgehead atoms. The Hall–Kier alpha value is -2.57. The van der Waals surface area contributed by atoms with Crippen LogP contribution in [0.5, 0.6) is 11.5 Å². The maximum Gasteiger partial charge on any atom is 0.258 e. The molecule has 0 spiro atoms. The van der Waals surface area contributed by atoms with Gasteiger partial charge < -0.3 is 15.1 Å². The van der Waals surface area contributed by atoms with Crippen molar-refractivity contribution < 1.29 is 24.6 Å². The molecule has 2 rings (SSSR count). The summed E-state index contributed by atoms with van der Waals surface area (Å²) in [5.41, 5.74) is -0.147. The van der Waals surface area contributed by atoms with Gasteiger partial charge in [-0.05, 0) is 24.6 Å². The molecule has 0 saturated carbocycles. The second-order valence-corrected chi connectivity index (χ2v) is 4.47. The smallest absolute Gasteiger partial charge is 0.258 e. The van der Waals surface area contributed by atoms with Crippen LogP contribution in [0.1, 0.15) is 23.7 Å². The van der Waals surface area contributed by atoms with Crippen LogP contribution >= 0.6 is 0 Å². The van der Waals surface area contributed by atoms with Crippen LogP contribution in [0.2, 0.25) is 0 Å². The summed E-state index contributed by atoms with van der Waals surface area (Å²) in [6.45, 7) is 1.45. The van der Waals surface area contributed by atoms with E-state index in [0.29, 0.717) is 6.42 Å². The van der Waals surface area contributed by atoms with Crippen molar-refractivity contribution in [1.29, 1.82) is 0 Å². The molecule has 3 amide bonds. The Labute approximate surface area is 114 Å². The number of amides is 3. The Morgan fingerprint density at radius 2 is 2.10 bits per heavy atom. The number of nitrogens with one attached hydrogen (secondary N) is 1. The Balaban J connectivity index is 2.37. The molecule has 1 saturated heterocycles. The van der Waals surface area contributed by atoms with Gasteiger partial charge in [-0.1, -0.05) is 6.92 Å². The first-order chi connectivity index (χ1) is 9.43. The molecule has 1 heterocycles. The fourth-order valence-corrected chi connectivity index (χ4v) is 2.14. The van der Waals surface area contributed by atoms with Gasteiger partial charge in [-0.15, -0.1) is 0 Å². The molecule has 0 aromatic heterocycles. The normalized spacial score (nSPS) is 18.9. The third-order valence-electron chi connectivity index (χ3n) is 3.11. The first kappa shape index (κ1) is 13.9. The summed E-state index contributed by atoms with van der Waals surface area (Å²) < 4.78 is 0. The summed E-state index contributed by atoms with van der Waals surface area (Å²) in [6.07, 6.45) is 0.338. The first-order valence-corrected chi connectivity index (χ1v) is 6.10. The quantitative estimate of drug-likeness (QED) is 0.520. The molecule has 1 aliphatic rings. The lowest BCUT2D eigenvalue weighted by Crippen LogP contribution is -2.59. The number of hydrogen-bond donors (Lipinski definition) is 3. The maximum absolute atomic E-state index is 12.4. The SMILES string of the molecule is CCC1C(=O)NC(=O)CN1C(=O)c1cc(O)ccc1O. The van der Waals surface area contributed by atoms with E-state index in [1.165, 1.54) is 12.1 Å². The highest BCUT2D eigenvalue weighted by molar-refractivity contribution is 6.08. The fraction of sp³-hybridized carbons (Fsp3) is 0.308. The Morgan fingerprint density at radius 1 is 1.40 bits per heavy atom. The van der Waals surface area contributed by atoms with Crippen molar-refractivity contribution in [1.82, 2.24) is 10.2 Å². The zero-order valence-corrected chi connectivity index (χ0v) is 10.8. The zero-order valence-electron chi connectivity index (χ0n) is 10.8. The minimum absolute atomic E-state index is 0.147. The van der Waals surface area contributed by atoms with Gasteiger partial charge in [-0.3, -0.25) is 19.7 Å². The van der Waals surface area contributed by atoms with Crippen molar-refractivity contribution >= 4 is 17.7 Å². The summed E-state index contributed by atoms with van der Waals surface area (Å²) in [6, 6.07) is 2.73. The van der Waals surface area contributed by atoms with Crippen molar-refractivity contribution in [2.24, 2.45) is 0 Å². The number of piperazine rings is 1. The van der Waals surface area contributed by atoms with E-state index >= 15 is 0 Å². The molecule has 1 unspecified atom stereocenters. The zero-order chi connectivity index (χ0) is 14.9. The second kappa shape index (κ2) is 5.20. The van der Waals surface area contributed by atoms with E-state index in [-0.39, 0.29) is 23.6 Å². The molecule has 1 aromatic rings. The highest BCUT2D eigenvalue weighted by Gasteiger charge is 2.36. The van der Waals surface area contributed by atoms with Gasteiger partial charge in [0.2, 0.25) is 11.8 Å². The number of nitrogens with zero attached hydrogens (tertiary/aromatic N) is 1. The van der Waals surface area contributed by atoms with Crippen LogP contribution in [0.4, 0.5) is 0 Å². The third-order valence-corrected chi connectivity index (χ3v) is 3.11. The lowest BCUT2D eigenvalue weighted by molar-refractivity contribution is -0.138. The van der Waals surface area contributed by atoms with Gasteiger partial charge in [0.1, 0.15) is 24.1 Å². The molecule has 1 fully saturated rings.